The monoisotopic (exact) mass is 224 g/mol. The Morgan fingerprint density at radius 2 is 1.69 bits per heavy atom. The zero-order chi connectivity index (χ0) is 12.0. The van der Waals surface area contributed by atoms with Crippen molar-refractivity contribution in [2.75, 3.05) is 11.9 Å². The average molecular weight is 224 g/mol. The first kappa shape index (κ1) is 11.9. The van der Waals surface area contributed by atoms with Gasteiger partial charge in [-0.05, 0) is 12.1 Å². The molecule has 85 valence electrons. The van der Waals surface area contributed by atoms with E-state index in [1.165, 1.54) is 0 Å². The molecule has 0 heterocycles. The van der Waals surface area contributed by atoms with Crippen LogP contribution in [0.3, 0.4) is 0 Å². The van der Waals surface area contributed by atoms with Gasteiger partial charge in [0.05, 0.1) is 0 Å². The number of hydrogen-bond donors (Lipinski definition) is 1. The third-order valence-corrected chi connectivity index (χ3v) is 1.87. The smallest absolute Gasteiger partial charge is 0.384 e. The van der Waals surface area contributed by atoms with E-state index in [-0.39, 0.29) is 13.0 Å². The fourth-order valence-corrected chi connectivity index (χ4v) is 1.12. The number of hydrogen-bond acceptors (Lipinski definition) is 5. The molecule has 1 radical (unpaired) electrons. The molecule has 1 rings (SSSR count). The van der Waals surface area contributed by atoms with Crippen molar-refractivity contribution in [2.24, 2.45) is 0 Å². The first-order valence-corrected chi connectivity index (χ1v) is 4.55. The van der Waals surface area contributed by atoms with E-state index in [1.807, 2.05) is 6.07 Å². The molecule has 0 fully saturated rings. The van der Waals surface area contributed by atoms with E-state index >= 15 is 0 Å². The number of nitrogens with one attached hydrogen (secondary N) is 1. The fraction of sp³-hybridized carbons (Fsp3) is 0.222. The number of para-hydroxylation sites is 1. The van der Waals surface area contributed by atoms with Crippen LogP contribution in [0, 0.1) is 26.4 Å². The Hall–Kier alpha value is -2.18. The highest BCUT2D eigenvalue weighted by atomic mass is 16.7. The van der Waals surface area contributed by atoms with Crippen LogP contribution in [0.1, 0.15) is 6.42 Å². The summed E-state index contributed by atoms with van der Waals surface area (Å²) >= 11 is 0. The Morgan fingerprint density at radius 1 is 1.12 bits per heavy atom. The Bertz CT molecular complexity index is 354. The second-order valence-electron chi connectivity index (χ2n) is 2.97. The van der Waals surface area contributed by atoms with Gasteiger partial charge in [0.2, 0.25) is 0 Å². The van der Waals surface area contributed by atoms with Gasteiger partial charge in [-0.2, -0.15) is 0 Å². The topological polar surface area (TPSA) is 98.3 Å². The number of nitro groups is 2. The molecule has 0 spiro atoms. The van der Waals surface area contributed by atoms with Crippen LogP contribution in [0.25, 0.3) is 0 Å². The minimum atomic E-state index is -0.966. The van der Waals surface area contributed by atoms with Gasteiger partial charge in [-0.1, -0.05) is 18.2 Å². The molecule has 0 bridgehead atoms. The molecule has 16 heavy (non-hydrogen) atoms. The summed E-state index contributed by atoms with van der Waals surface area (Å²) in [6.45, 7) is 0.154. The van der Waals surface area contributed by atoms with Gasteiger partial charge in [0.1, 0.15) is 16.3 Å². The van der Waals surface area contributed by atoms with Crippen LogP contribution < -0.4 is 5.32 Å². The Labute approximate surface area is 91.4 Å². The van der Waals surface area contributed by atoms with Gasteiger partial charge < -0.3 is 5.32 Å². The lowest BCUT2D eigenvalue weighted by Crippen LogP contribution is -2.22. The van der Waals surface area contributed by atoms with Crippen LogP contribution in [-0.4, -0.2) is 16.4 Å². The molecule has 0 aromatic heterocycles. The highest BCUT2D eigenvalue weighted by Crippen LogP contribution is 2.10. The van der Waals surface area contributed by atoms with Gasteiger partial charge >= 0.3 is 6.17 Å². The molecule has 0 atom stereocenters. The van der Waals surface area contributed by atoms with E-state index in [4.69, 9.17) is 0 Å². The van der Waals surface area contributed by atoms with Crippen LogP contribution in [0.15, 0.2) is 30.3 Å². The highest BCUT2D eigenvalue weighted by Gasteiger charge is 2.37. The van der Waals surface area contributed by atoms with Crippen molar-refractivity contribution >= 4 is 5.69 Å². The summed E-state index contributed by atoms with van der Waals surface area (Å²) < 4.78 is 0. The molecule has 1 aromatic rings. The summed E-state index contributed by atoms with van der Waals surface area (Å²) in [6, 6.07) is 8.98. The first-order chi connectivity index (χ1) is 7.61. The third-order valence-electron chi connectivity index (χ3n) is 1.87. The average Bonchev–Trinajstić information content (AvgIpc) is 2.24. The predicted molar refractivity (Wildman–Crippen MR) is 56.8 cm³/mol. The second-order valence-corrected chi connectivity index (χ2v) is 2.97. The van der Waals surface area contributed by atoms with Crippen molar-refractivity contribution in [2.45, 2.75) is 6.42 Å². The minimum absolute atomic E-state index is 0.154. The molecule has 1 aromatic carbocycles. The van der Waals surface area contributed by atoms with E-state index in [2.05, 4.69) is 5.32 Å². The van der Waals surface area contributed by atoms with E-state index in [0.717, 1.165) is 5.69 Å². The summed E-state index contributed by atoms with van der Waals surface area (Å²) in [5.74, 6) is 0. The lowest BCUT2D eigenvalue weighted by Gasteiger charge is -2.03. The molecule has 0 unspecified atom stereocenters. The van der Waals surface area contributed by atoms with Crippen LogP contribution in [0.5, 0.6) is 0 Å². The maximum Gasteiger partial charge on any atom is 0.595 e. The Morgan fingerprint density at radius 3 is 2.19 bits per heavy atom. The van der Waals surface area contributed by atoms with Gasteiger partial charge in [0.15, 0.2) is 0 Å². The van der Waals surface area contributed by atoms with E-state index in [1.54, 1.807) is 24.3 Å². The molecule has 0 aliphatic heterocycles. The summed E-state index contributed by atoms with van der Waals surface area (Å²) in [4.78, 5) is 18.6. The van der Waals surface area contributed by atoms with Crippen molar-refractivity contribution < 1.29 is 9.85 Å². The molecule has 7 nitrogen and oxygen atoms in total. The van der Waals surface area contributed by atoms with E-state index < -0.39 is 16.0 Å². The SMILES string of the molecule is O=[N+]([O-])[C](CCNc1ccccc1)[N+](=O)[O-]. The van der Waals surface area contributed by atoms with Crippen molar-refractivity contribution in [3.8, 4) is 0 Å². The quantitative estimate of drug-likeness (QED) is 0.583. The number of rotatable bonds is 6. The first-order valence-electron chi connectivity index (χ1n) is 4.55. The zero-order valence-electron chi connectivity index (χ0n) is 8.33. The molecule has 0 saturated heterocycles. The lowest BCUT2D eigenvalue weighted by atomic mass is 10.3. The molecular weight excluding hydrogens is 214 g/mol. The van der Waals surface area contributed by atoms with Gasteiger partial charge in [0.25, 0.3) is 0 Å². The van der Waals surface area contributed by atoms with Crippen molar-refractivity contribution in [3.05, 3.63) is 56.7 Å². The van der Waals surface area contributed by atoms with Crippen molar-refractivity contribution in [3.63, 3.8) is 0 Å². The Kier molecular flexibility index (Phi) is 4.19. The van der Waals surface area contributed by atoms with Gasteiger partial charge in [-0.3, -0.25) is 20.2 Å². The zero-order valence-corrected chi connectivity index (χ0v) is 8.33. The summed E-state index contributed by atoms with van der Waals surface area (Å²) in [7, 11) is 0. The number of anilines is 1. The fourth-order valence-electron chi connectivity index (χ4n) is 1.12. The third kappa shape index (κ3) is 3.52. The second kappa shape index (κ2) is 5.64. The summed E-state index contributed by atoms with van der Waals surface area (Å²) in [6.07, 6.45) is -1.13. The van der Waals surface area contributed by atoms with E-state index in [0.29, 0.717) is 0 Å². The number of benzene rings is 1. The lowest BCUT2D eigenvalue weighted by molar-refractivity contribution is -0.671. The molecule has 0 amide bonds. The molecule has 0 aliphatic rings. The Balaban J connectivity index is 2.40. The van der Waals surface area contributed by atoms with Crippen LogP contribution in [0.4, 0.5) is 5.69 Å². The normalized spacial score (nSPS) is 10.1. The molecule has 0 saturated carbocycles. The molecule has 1 N–H and O–H groups in total. The summed E-state index contributed by atoms with van der Waals surface area (Å²) in [5, 5.41) is 23.4. The summed E-state index contributed by atoms with van der Waals surface area (Å²) in [5.41, 5.74) is 0.772. The van der Waals surface area contributed by atoms with Crippen LogP contribution in [-0.2, 0) is 0 Å². The van der Waals surface area contributed by atoms with Gasteiger partial charge in [-0.25, -0.2) is 0 Å². The van der Waals surface area contributed by atoms with Gasteiger partial charge in [-0.15, -0.1) is 0 Å². The number of nitrogens with zero attached hydrogens (tertiary/aromatic N) is 2. The largest absolute Gasteiger partial charge is 0.595 e. The molecule has 7 heteroatoms. The standard InChI is InChI=1S/C9H10N3O4/c13-11(14)9(12(15)16)6-7-10-8-4-2-1-3-5-8/h1-5,10H,6-7H2. The maximum atomic E-state index is 10.3. The van der Waals surface area contributed by atoms with E-state index in [9.17, 15) is 20.2 Å². The van der Waals surface area contributed by atoms with Gasteiger partial charge in [0, 0.05) is 12.2 Å². The van der Waals surface area contributed by atoms with Crippen LogP contribution in [0.2, 0.25) is 0 Å². The maximum absolute atomic E-state index is 10.3. The highest BCUT2D eigenvalue weighted by molar-refractivity contribution is 5.42. The molecule has 0 aliphatic carbocycles. The van der Waals surface area contributed by atoms with Crippen molar-refractivity contribution in [1.82, 2.24) is 0 Å². The predicted octanol–water partition coefficient (Wildman–Crippen LogP) is 1.53. The molecular formula is C9H10N3O4. The minimum Gasteiger partial charge on any atom is -0.384 e. The van der Waals surface area contributed by atoms with Crippen molar-refractivity contribution in [1.29, 1.82) is 0 Å². The van der Waals surface area contributed by atoms with Crippen LogP contribution >= 0.6 is 0 Å².